The average Bonchev–Trinajstić information content (AvgIpc) is 3.18. The molecule has 33 heavy (non-hydrogen) atoms. The number of esters is 1. The first-order valence-electron chi connectivity index (χ1n) is 10.1. The van der Waals surface area contributed by atoms with Crippen molar-refractivity contribution in [1.29, 1.82) is 0 Å². The van der Waals surface area contributed by atoms with Crippen LogP contribution in [0.4, 0.5) is 5.69 Å². The molecule has 2 N–H and O–H groups in total. The van der Waals surface area contributed by atoms with Crippen molar-refractivity contribution in [2.75, 3.05) is 5.32 Å². The Kier molecular flexibility index (Phi) is 8.01. The van der Waals surface area contributed by atoms with E-state index in [2.05, 4.69) is 25.9 Å². The van der Waals surface area contributed by atoms with E-state index in [1.54, 1.807) is 57.4 Å². The van der Waals surface area contributed by atoms with Crippen LogP contribution in [0.5, 0.6) is 0 Å². The Morgan fingerprint density at radius 2 is 2.06 bits per heavy atom. The fourth-order valence-electron chi connectivity index (χ4n) is 3.02. The molecule has 0 amide bonds. The topological polar surface area (TPSA) is 111 Å². The molecule has 1 aromatic carbocycles. The largest absolute Gasteiger partial charge is 0.459 e. The molecule has 0 aliphatic carbocycles. The third kappa shape index (κ3) is 7.24. The summed E-state index contributed by atoms with van der Waals surface area (Å²) in [6.07, 6.45) is 4.80. The van der Waals surface area contributed by atoms with Crippen LogP contribution in [-0.2, 0) is 20.7 Å². The van der Waals surface area contributed by atoms with E-state index in [1.807, 2.05) is 6.07 Å². The zero-order valence-corrected chi connectivity index (χ0v) is 19.8. The maximum Gasteiger partial charge on any atom is 0.324 e. The lowest BCUT2D eigenvalue weighted by molar-refractivity contribution is -0.157. The quantitative estimate of drug-likeness (QED) is 0.266. The van der Waals surface area contributed by atoms with E-state index in [1.165, 1.54) is 10.9 Å². The molecule has 9 nitrogen and oxygen atoms in total. The van der Waals surface area contributed by atoms with Gasteiger partial charge in [0.1, 0.15) is 17.8 Å². The van der Waals surface area contributed by atoms with Crippen LogP contribution >= 0.6 is 23.2 Å². The zero-order valence-electron chi connectivity index (χ0n) is 18.3. The number of nitrogens with one attached hydrogen (secondary N) is 2. The molecule has 0 fully saturated rings. The molecular formula is C22H24Cl2N6O3. The summed E-state index contributed by atoms with van der Waals surface area (Å²) >= 11 is 12.1. The third-order valence-corrected chi connectivity index (χ3v) is 4.76. The van der Waals surface area contributed by atoms with E-state index in [0.717, 1.165) is 5.56 Å². The van der Waals surface area contributed by atoms with Gasteiger partial charge in [0, 0.05) is 23.8 Å². The number of aromatic nitrogens is 4. The second kappa shape index (κ2) is 10.7. The molecule has 2 heterocycles. The smallest absolute Gasteiger partial charge is 0.324 e. The first-order valence-corrected chi connectivity index (χ1v) is 10.9. The van der Waals surface area contributed by atoms with Gasteiger partial charge in [-0.15, -0.1) is 5.10 Å². The van der Waals surface area contributed by atoms with Crippen molar-refractivity contribution in [3.8, 4) is 5.69 Å². The Balaban J connectivity index is 1.85. The first kappa shape index (κ1) is 24.6. The molecule has 11 heteroatoms. The number of ether oxygens (including phenoxy) is 1. The van der Waals surface area contributed by atoms with Gasteiger partial charge < -0.3 is 10.1 Å². The normalized spacial score (nSPS) is 13.2. The fraction of sp³-hybridized carbons (Fsp3) is 0.318. The standard InChI is InChI=1S/C22H24Cl2N6O3/c1-22(2,3)33-21(32)17(9-14-5-4-8-25-11-14)27-20(13-31)26-16-10-15(23)6-7-18(16)30-12-19(24)28-29-30/h4-8,10-13,17,20,26-27H,9H2,1-3H3. The van der Waals surface area contributed by atoms with E-state index in [0.29, 0.717) is 22.7 Å². The highest BCUT2D eigenvalue weighted by Gasteiger charge is 2.28. The van der Waals surface area contributed by atoms with Crippen molar-refractivity contribution in [1.82, 2.24) is 25.3 Å². The Labute approximate surface area is 201 Å². The number of anilines is 1. The van der Waals surface area contributed by atoms with Gasteiger partial charge in [-0.3, -0.25) is 19.9 Å². The molecule has 0 saturated heterocycles. The molecule has 0 aliphatic rings. The highest BCUT2D eigenvalue weighted by molar-refractivity contribution is 6.31. The Morgan fingerprint density at radius 1 is 1.27 bits per heavy atom. The Hall–Kier alpha value is -3.01. The second-order valence-electron chi connectivity index (χ2n) is 8.22. The van der Waals surface area contributed by atoms with Gasteiger partial charge in [0.05, 0.1) is 17.6 Å². The van der Waals surface area contributed by atoms with Crippen LogP contribution in [0.3, 0.4) is 0 Å². The van der Waals surface area contributed by atoms with Gasteiger partial charge in [0.2, 0.25) is 0 Å². The Morgan fingerprint density at radius 3 is 2.67 bits per heavy atom. The van der Waals surface area contributed by atoms with E-state index in [-0.39, 0.29) is 11.6 Å². The molecule has 2 atom stereocenters. The van der Waals surface area contributed by atoms with Gasteiger partial charge in [-0.05, 0) is 50.6 Å². The highest BCUT2D eigenvalue weighted by Crippen LogP contribution is 2.25. The SMILES string of the molecule is CC(C)(C)OC(=O)C(Cc1cccnc1)NC(C=O)Nc1cc(Cl)ccc1-n1cc(Cl)nn1. The molecule has 0 spiro atoms. The number of rotatable bonds is 9. The highest BCUT2D eigenvalue weighted by atomic mass is 35.5. The van der Waals surface area contributed by atoms with Crippen LogP contribution in [0.25, 0.3) is 5.69 Å². The summed E-state index contributed by atoms with van der Waals surface area (Å²) < 4.78 is 7.01. The van der Waals surface area contributed by atoms with Crippen molar-refractivity contribution >= 4 is 41.1 Å². The molecule has 0 radical (unpaired) electrons. The van der Waals surface area contributed by atoms with Crippen LogP contribution in [0, 0.1) is 0 Å². The minimum absolute atomic E-state index is 0.211. The minimum atomic E-state index is -0.949. The number of hydrogen-bond acceptors (Lipinski definition) is 8. The van der Waals surface area contributed by atoms with Crippen LogP contribution in [0.2, 0.25) is 10.2 Å². The number of halogens is 2. The monoisotopic (exact) mass is 490 g/mol. The first-order chi connectivity index (χ1) is 15.6. The number of carbonyl (C=O) groups excluding carboxylic acids is 2. The molecule has 2 aromatic heterocycles. The van der Waals surface area contributed by atoms with Crippen LogP contribution < -0.4 is 10.6 Å². The number of benzene rings is 1. The summed E-state index contributed by atoms with van der Waals surface area (Å²) in [6, 6.07) is 7.82. The van der Waals surface area contributed by atoms with Crippen molar-refractivity contribution in [3.63, 3.8) is 0 Å². The van der Waals surface area contributed by atoms with E-state index in [9.17, 15) is 9.59 Å². The molecular weight excluding hydrogens is 467 g/mol. The van der Waals surface area contributed by atoms with Crippen LogP contribution in [-0.4, -0.2) is 50.0 Å². The summed E-state index contributed by atoms with van der Waals surface area (Å²) in [4.78, 5) is 29.0. The van der Waals surface area contributed by atoms with Gasteiger partial charge in [-0.1, -0.05) is 34.5 Å². The Bertz CT molecular complexity index is 1100. The van der Waals surface area contributed by atoms with Crippen molar-refractivity contribution < 1.29 is 14.3 Å². The fourth-order valence-corrected chi connectivity index (χ4v) is 3.32. The summed E-state index contributed by atoms with van der Waals surface area (Å²) in [5, 5.41) is 14.5. The molecule has 0 bridgehead atoms. The molecule has 3 rings (SSSR count). The third-order valence-electron chi connectivity index (χ3n) is 4.35. The van der Waals surface area contributed by atoms with E-state index >= 15 is 0 Å². The molecule has 3 aromatic rings. The molecule has 174 valence electrons. The molecule has 2 unspecified atom stereocenters. The van der Waals surface area contributed by atoms with Gasteiger partial charge >= 0.3 is 5.97 Å². The second-order valence-corrected chi connectivity index (χ2v) is 9.05. The predicted octanol–water partition coefficient (Wildman–Crippen LogP) is 3.45. The maximum absolute atomic E-state index is 12.9. The van der Waals surface area contributed by atoms with Gasteiger partial charge in [0.15, 0.2) is 11.4 Å². The number of carbonyl (C=O) groups is 2. The number of aldehydes is 1. The van der Waals surface area contributed by atoms with Crippen molar-refractivity contribution in [3.05, 3.63) is 64.7 Å². The van der Waals surface area contributed by atoms with E-state index in [4.69, 9.17) is 27.9 Å². The lowest BCUT2D eigenvalue weighted by Crippen LogP contribution is -2.50. The predicted molar refractivity (Wildman–Crippen MR) is 126 cm³/mol. The molecule has 0 aliphatic heterocycles. The summed E-state index contributed by atoms with van der Waals surface area (Å²) in [7, 11) is 0. The summed E-state index contributed by atoms with van der Waals surface area (Å²) in [5.41, 5.74) is 1.17. The van der Waals surface area contributed by atoms with Gasteiger partial charge in [-0.25, -0.2) is 4.68 Å². The number of hydrogen-bond donors (Lipinski definition) is 2. The van der Waals surface area contributed by atoms with Crippen molar-refractivity contribution in [2.45, 2.75) is 45.0 Å². The van der Waals surface area contributed by atoms with Crippen LogP contribution in [0.1, 0.15) is 26.3 Å². The minimum Gasteiger partial charge on any atom is -0.459 e. The lowest BCUT2D eigenvalue weighted by atomic mass is 10.1. The maximum atomic E-state index is 12.9. The zero-order chi connectivity index (χ0) is 24.0. The van der Waals surface area contributed by atoms with E-state index < -0.39 is 23.8 Å². The number of pyridine rings is 1. The van der Waals surface area contributed by atoms with Crippen LogP contribution in [0.15, 0.2) is 48.9 Å². The van der Waals surface area contributed by atoms with Gasteiger partial charge in [-0.2, -0.15) is 0 Å². The van der Waals surface area contributed by atoms with Crippen molar-refractivity contribution in [2.24, 2.45) is 0 Å². The van der Waals surface area contributed by atoms with Gasteiger partial charge in [0.25, 0.3) is 0 Å². The summed E-state index contributed by atoms with van der Waals surface area (Å²) in [5.74, 6) is -0.491. The summed E-state index contributed by atoms with van der Waals surface area (Å²) in [6.45, 7) is 5.34. The lowest BCUT2D eigenvalue weighted by Gasteiger charge is -2.27. The number of nitrogens with zero attached hydrogens (tertiary/aromatic N) is 4. The average molecular weight is 491 g/mol. The molecule has 0 saturated carbocycles.